The van der Waals surface area contributed by atoms with Gasteiger partial charge in [-0.25, -0.2) is 0 Å². The lowest BCUT2D eigenvalue weighted by Crippen LogP contribution is -2.53. The molecule has 0 bridgehead atoms. The van der Waals surface area contributed by atoms with E-state index in [1.807, 2.05) is 0 Å². The zero-order valence-corrected chi connectivity index (χ0v) is 13.3. The lowest BCUT2D eigenvalue weighted by Gasteiger charge is -2.58. The Morgan fingerprint density at radius 1 is 1.10 bits per heavy atom. The summed E-state index contributed by atoms with van der Waals surface area (Å²) in [6, 6.07) is 0. The zero-order valence-electron chi connectivity index (χ0n) is 13.3. The second kappa shape index (κ2) is 4.30. The van der Waals surface area contributed by atoms with Gasteiger partial charge in [0.1, 0.15) is 0 Å². The van der Waals surface area contributed by atoms with Crippen LogP contribution in [-0.2, 0) is 4.79 Å². The van der Waals surface area contributed by atoms with Crippen LogP contribution < -0.4 is 0 Å². The molecule has 0 aromatic carbocycles. The van der Waals surface area contributed by atoms with Gasteiger partial charge in [0.15, 0.2) is 5.78 Å². The largest absolute Gasteiger partial charge is 0.301 e. The molecule has 4 rings (SSSR count). The molecule has 1 N–H and O–H groups in total. The smallest absolute Gasteiger partial charge is 0.199 e. The summed E-state index contributed by atoms with van der Waals surface area (Å²) < 4.78 is 0. The van der Waals surface area contributed by atoms with Gasteiger partial charge in [-0.05, 0) is 73.2 Å². The number of carbonyl (C=O) groups excluding carboxylic acids is 1. The first kappa shape index (κ1) is 13.7. The van der Waals surface area contributed by atoms with Gasteiger partial charge >= 0.3 is 0 Å². The van der Waals surface area contributed by atoms with E-state index in [1.54, 1.807) is 6.08 Å². The van der Waals surface area contributed by atoms with Crippen molar-refractivity contribution in [2.24, 2.45) is 34.5 Å². The van der Waals surface area contributed by atoms with E-state index in [0.717, 1.165) is 18.3 Å². The summed E-state index contributed by atoms with van der Waals surface area (Å²) in [4.78, 5) is 11.9. The predicted molar refractivity (Wildman–Crippen MR) is 84.4 cm³/mol. The molecule has 0 heterocycles. The molecule has 3 fully saturated rings. The molecule has 2 nitrogen and oxygen atoms in total. The maximum Gasteiger partial charge on any atom is 0.199 e. The van der Waals surface area contributed by atoms with E-state index in [4.69, 9.17) is 5.41 Å². The summed E-state index contributed by atoms with van der Waals surface area (Å²) in [6.45, 7) is 4.86. The SMILES string of the molecule is C[C@@]12CCC[C@H]1[C@@H]1CCC3C(=N)C(=O)C=C[C@]3(C)[C@H]1CC2. The molecule has 6 atom stereocenters. The van der Waals surface area contributed by atoms with E-state index < -0.39 is 0 Å². The van der Waals surface area contributed by atoms with E-state index >= 15 is 0 Å². The number of hydrogen-bond acceptors (Lipinski definition) is 2. The van der Waals surface area contributed by atoms with Crippen molar-refractivity contribution in [1.29, 1.82) is 5.41 Å². The zero-order chi connectivity index (χ0) is 14.8. The van der Waals surface area contributed by atoms with Gasteiger partial charge in [-0.2, -0.15) is 0 Å². The van der Waals surface area contributed by atoms with Crippen molar-refractivity contribution < 1.29 is 4.79 Å². The number of hydrogen-bond donors (Lipinski definition) is 1. The highest BCUT2D eigenvalue weighted by molar-refractivity contribution is 6.44. The van der Waals surface area contributed by atoms with Gasteiger partial charge in [0.05, 0.1) is 5.71 Å². The molecular weight excluding hydrogens is 258 g/mol. The fourth-order valence-corrected chi connectivity index (χ4v) is 6.60. The minimum absolute atomic E-state index is 0.0440. The van der Waals surface area contributed by atoms with Crippen molar-refractivity contribution in [3.63, 3.8) is 0 Å². The van der Waals surface area contributed by atoms with Crippen LogP contribution in [0.4, 0.5) is 0 Å². The Kier molecular flexibility index (Phi) is 2.81. The summed E-state index contributed by atoms with van der Waals surface area (Å²) in [5, 5.41) is 8.24. The molecular formula is C19H27NO. The summed E-state index contributed by atoms with van der Waals surface area (Å²) in [5.74, 6) is 2.56. The minimum Gasteiger partial charge on any atom is -0.301 e. The van der Waals surface area contributed by atoms with Crippen LogP contribution in [0.1, 0.15) is 58.8 Å². The molecule has 0 saturated heterocycles. The first-order valence-electron chi connectivity index (χ1n) is 8.78. The topological polar surface area (TPSA) is 40.9 Å². The molecule has 0 amide bonds. The van der Waals surface area contributed by atoms with Gasteiger partial charge in [0, 0.05) is 5.92 Å². The summed E-state index contributed by atoms with van der Waals surface area (Å²) in [6.07, 6.45) is 13.1. The summed E-state index contributed by atoms with van der Waals surface area (Å²) in [5.41, 5.74) is 1.04. The normalized spacial score (nSPS) is 52.3. The van der Waals surface area contributed by atoms with Crippen LogP contribution in [-0.4, -0.2) is 11.5 Å². The molecule has 114 valence electrons. The summed E-state index contributed by atoms with van der Waals surface area (Å²) in [7, 11) is 0. The third-order valence-corrected chi connectivity index (χ3v) is 7.76. The van der Waals surface area contributed by atoms with Gasteiger partial charge in [-0.3, -0.25) is 4.79 Å². The maximum atomic E-state index is 11.9. The van der Waals surface area contributed by atoms with Gasteiger partial charge in [0.2, 0.25) is 0 Å². The van der Waals surface area contributed by atoms with Crippen LogP contribution in [0.2, 0.25) is 0 Å². The molecule has 2 heteroatoms. The van der Waals surface area contributed by atoms with Crippen LogP contribution in [0.5, 0.6) is 0 Å². The van der Waals surface area contributed by atoms with Gasteiger partial charge < -0.3 is 5.41 Å². The lowest BCUT2D eigenvalue weighted by atomic mass is 9.46. The maximum absolute atomic E-state index is 11.9. The quantitative estimate of drug-likeness (QED) is 0.704. The fraction of sp³-hybridized carbons (Fsp3) is 0.789. The molecule has 3 saturated carbocycles. The second-order valence-electron chi connectivity index (χ2n) is 8.57. The van der Waals surface area contributed by atoms with E-state index in [2.05, 4.69) is 19.9 Å². The third-order valence-electron chi connectivity index (χ3n) is 7.76. The average Bonchev–Trinajstić information content (AvgIpc) is 2.85. The van der Waals surface area contributed by atoms with Crippen molar-refractivity contribution in [2.75, 3.05) is 0 Å². The van der Waals surface area contributed by atoms with E-state index in [-0.39, 0.29) is 17.1 Å². The van der Waals surface area contributed by atoms with E-state index in [1.165, 1.54) is 38.5 Å². The first-order chi connectivity index (χ1) is 9.96. The summed E-state index contributed by atoms with van der Waals surface area (Å²) >= 11 is 0. The van der Waals surface area contributed by atoms with Crippen LogP contribution in [0.3, 0.4) is 0 Å². The van der Waals surface area contributed by atoms with Crippen LogP contribution in [0.25, 0.3) is 0 Å². The van der Waals surface area contributed by atoms with Crippen LogP contribution in [0.15, 0.2) is 12.2 Å². The number of fused-ring (bicyclic) bond motifs is 5. The Balaban J connectivity index is 1.72. The number of allylic oxidation sites excluding steroid dienone is 2. The molecule has 1 unspecified atom stereocenters. The Labute approximate surface area is 127 Å². The number of rotatable bonds is 0. The second-order valence-corrected chi connectivity index (χ2v) is 8.57. The van der Waals surface area contributed by atoms with Crippen LogP contribution >= 0.6 is 0 Å². The molecule has 0 aliphatic heterocycles. The number of carbonyl (C=O) groups is 1. The van der Waals surface area contributed by atoms with Crippen molar-refractivity contribution in [1.82, 2.24) is 0 Å². The monoisotopic (exact) mass is 285 g/mol. The highest BCUT2D eigenvalue weighted by Crippen LogP contribution is 2.64. The van der Waals surface area contributed by atoms with E-state index in [9.17, 15) is 4.79 Å². The molecule has 0 aromatic rings. The third kappa shape index (κ3) is 1.71. The van der Waals surface area contributed by atoms with Crippen molar-refractivity contribution in [3.8, 4) is 0 Å². The van der Waals surface area contributed by atoms with Crippen molar-refractivity contribution >= 4 is 11.5 Å². The number of nitrogens with one attached hydrogen (secondary N) is 1. The Hall–Kier alpha value is -0.920. The molecule has 4 aliphatic rings. The Bertz CT molecular complexity index is 536. The fourth-order valence-electron chi connectivity index (χ4n) is 6.60. The standard InChI is InChI=1S/C19H27NO/c1-18-9-3-4-13(18)12-5-6-15-17(20)16(21)8-11-19(15,2)14(12)7-10-18/h8,11-15,20H,3-7,9-10H2,1-2H3/t12-,13-,14-,15?,18-,19+/m0/s1. The van der Waals surface area contributed by atoms with Crippen molar-refractivity contribution in [2.45, 2.75) is 58.8 Å². The van der Waals surface area contributed by atoms with E-state index in [0.29, 0.717) is 17.0 Å². The minimum atomic E-state index is -0.0440. The molecule has 0 radical (unpaired) electrons. The highest BCUT2D eigenvalue weighted by atomic mass is 16.1. The number of ketones is 1. The molecule has 4 aliphatic carbocycles. The predicted octanol–water partition coefficient (Wildman–Crippen LogP) is 4.39. The Morgan fingerprint density at radius 2 is 1.90 bits per heavy atom. The van der Waals surface area contributed by atoms with Gasteiger partial charge in [-0.15, -0.1) is 0 Å². The highest BCUT2D eigenvalue weighted by Gasteiger charge is 2.57. The molecule has 0 spiro atoms. The average molecular weight is 285 g/mol. The Morgan fingerprint density at radius 3 is 2.71 bits per heavy atom. The molecule has 21 heavy (non-hydrogen) atoms. The van der Waals surface area contributed by atoms with Crippen LogP contribution in [0, 0.1) is 39.9 Å². The van der Waals surface area contributed by atoms with Gasteiger partial charge in [-0.1, -0.05) is 26.3 Å². The first-order valence-corrected chi connectivity index (χ1v) is 8.78. The van der Waals surface area contributed by atoms with Crippen molar-refractivity contribution in [3.05, 3.63) is 12.2 Å². The molecule has 0 aromatic heterocycles. The lowest BCUT2D eigenvalue weighted by molar-refractivity contribution is -0.111. The van der Waals surface area contributed by atoms with Gasteiger partial charge in [0.25, 0.3) is 0 Å².